The third-order valence-corrected chi connectivity index (χ3v) is 2.90. The average Bonchev–Trinajstić information content (AvgIpc) is 2.11. The maximum atomic E-state index is 11.6. The van der Waals surface area contributed by atoms with Gasteiger partial charge < -0.3 is 4.57 Å². The first-order valence-electron chi connectivity index (χ1n) is 4.05. The molecule has 0 saturated heterocycles. The molecule has 0 aliphatic carbocycles. The van der Waals surface area contributed by atoms with Crippen molar-refractivity contribution in [3.05, 3.63) is 44.8 Å². The van der Waals surface area contributed by atoms with E-state index in [9.17, 15) is 4.79 Å². The summed E-state index contributed by atoms with van der Waals surface area (Å²) in [4.78, 5) is 11.6. The summed E-state index contributed by atoms with van der Waals surface area (Å²) in [5.74, 6) is 0. The second-order valence-corrected chi connectivity index (χ2v) is 3.83. The topological polar surface area (TPSA) is 22.0 Å². The van der Waals surface area contributed by atoms with E-state index in [-0.39, 0.29) is 5.56 Å². The Morgan fingerprint density at radius 2 is 2.15 bits per heavy atom. The fourth-order valence-electron chi connectivity index (χ4n) is 1.12. The summed E-state index contributed by atoms with van der Waals surface area (Å²) in [5.41, 5.74) is 1.85. The number of rotatable bonds is 2. The number of pyridine rings is 1. The van der Waals surface area contributed by atoms with E-state index in [1.165, 1.54) is 0 Å². The van der Waals surface area contributed by atoms with Gasteiger partial charge in [-0.15, -0.1) is 6.58 Å². The van der Waals surface area contributed by atoms with Crippen LogP contribution < -0.4 is 5.56 Å². The third kappa shape index (κ3) is 1.91. The second-order valence-electron chi connectivity index (χ2n) is 2.97. The molecule has 1 aromatic heterocycles. The van der Waals surface area contributed by atoms with Gasteiger partial charge in [0.25, 0.3) is 5.56 Å². The van der Waals surface area contributed by atoms with Gasteiger partial charge >= 0.3 is 0 Å². The highest BCUT2D eigenvalue weighted by Gasteiger charge is 2.05. The van der Waals surface area contributed by atoms with E-state index in [1.54, 1.807) is 16.8 Å². The summed E-state index contributed by atoms with van der Waals surface area (Å²) in [6.45, 7) is 7.92. The Labute approximate surface area is 86.0 Å². The van der Waals surface area contributed by atoms with Crippen LogP contribution in [-0.2, 0) is 6.54 Å². The molecular formula is C10H12BrNO. The summed E-state index contributed by atoms with van der Waals surface area (Å²) in [5, 5.41) is 0. The lowest BCUT2D eigenvalue weighted by Gasteiger charge is -2.07. The van der Waals surface area contributed by atoms with Crippen molar-refractivity contribution in [1.82, 2.24) is 4.57 Å². The molecule has 0 aliphatic heterocycles. The summed E-state index contributed by atoms with van der Waals surface area (Å²) < 4.78 is 2.60. The van der Waals surface area contributed by atoms with Gasteiger partial charge in [0.15, 0.2) is 0 Å². The minimum Gasteiger partial charge on any atom is -0.310 e. The monoisotopic (exact) mass is 241 g/mol. The zero-order valence-electron chi connectivity index (χ0n) is 7.80. The lowest BCUT2D eigenvalue weighted by atomic mass is 10.2. The zero-order valence-corrected chi connectivity index (χ0v) is 9.39. The molecule has 0 aliphatic rings. The van der Waals surface area contributed by atoms with Crippen molar-refractivity contribution >= 4 is 15.9 Å². The Bertz CT molecular complexity index is 393. The SMILES string of the molecule is C=CCn1cc(Br)c(C)c(C)c1=O. The van der Waals surface area contributed by atoms with Gasteiger partial charge in [-0.3, -0.25) is 4.79 Å². The van der Waals surface area contributed by atoms with E-state index in [2.05, 4.69) is 22.5 Å². The van der Waals surface area contributed by atoms with Crippen LogP contribution in [0.2, 0.25) is 0 Å². The number of halogens is 1. The van der Waals surface area contributed by atoms with Crippen molar-refractivity contribution in [2.45, 2.75) is 20.4 Å². The van der Waals surface area contributed by atoms with Crippen LogP contribution in [0, 0.1) is 13.8 Å². The van der Waals surface area contributed by atoms with E-state index >= 15 is 0 Å². The molecule has 0 aromatic carbocycles. The van der Waals surface area contributed by atoms with Crippen molar-refractivity contribution < 1.29 is 0 Å². The Kier molecular flexibility index (Phi) is 3.09. The van der Waals surface area contributed by atoms with Gasteiger partial charge in [-0.05, 0) is 35.3 Å². The lowest BCUT2D eigenvalue weighted by molar-refractivity contribution is 0.765. The Morgan fingerprint density at radius 1 is 1.54 bits per heavy atom. The first kappa shape index (κ1) is 10.3. The molecule has 0 amide bonds. The Morgan fingerprint density at radius 3 is 2.69 bits per heavy atom. The molecule has 3 heteroatoms. The van der Waals surface area contributed by atoms with Crippen LogP contribution in [-0.4, -0.2) is 4.57 Å². The number of hydrogen-bond donors (Lipinski definition) is 0. The highest BCUT2D eigenvalue weighted by Crippen LogP contribution is 2.15. The molecule has 13 heavy (non-hydrogen) atoms. The molecular weight excluding hydrogens is 230 g/mol. The summed E-state index contributed by atoms with van der Waals surface area (Å²) >= 11 is 3.41. The molecule has 1 rings (SSSR count). The van der Waals surface area contributed by atoms with Crippen LogP contribution in [0.15, 0.2) is 28.1 Å². The molecule has 0 unspecified atom stereocenters. The predicted molar refractivity (Wildman–Crippen MR) is 58.1 cm³/mol. The minimum atomic E-state index is 0.0561. The smallest absolute Gasteiger partial charge is 0.254 e. The van der Waals surface area contributed by atoms with Crippen LogP contribution in [0.4, 0.5) is 0 Å². The number of nitrogens with zero attached hydrogens (tertiary/aromatic N) is 1. The first-order chi connectivity index (χ1) is 6.07. The minimum absolute atomic E-state index is 0.0561. The summed E-state index contributed by atoms with van der Waals surface area (Å²) in [6, 6.07) is 0. The quantitative estimate of drug-likeness (QED) is 0.730. The van der Waals surface area contributed by atoms with E-state index in [0.29, 0.717) is 6.54 Å². The predicted octanol–water partition coefficient (Wildman–Crippen LogP) is 2.41. The third-order valence-electron chi connectivity index (χ3n) is 2.10. The van der Waals surface area contributed by atoms with Gasteiger partial charge in [0.1, 0.15) is 0 Å². The second kappa shape index (κ2) is 3.92. The van der Waals surface area contributed by atoms with Gasteiger partial charge in [-0.1, -0.05) is 6.08 Å². The van der Waals surface area contributed by atoms with E-state index in [0.717, 1.165) is 15.6 Å². The molecule has 1 heterocycles. The fourth-order valence-corrected chi connectivity index (χ4v) is 1.67. The van der Waals surface area contributed by atoms with E-state index in [4.69, 9.17) is 0 Å². The highest BCUT2D eigenvalue weighted by atomic mass is 79.9. The lowest BCUT2D eigenvalue weighted by Crippen LogP contribution is -2.22. The van der Waals surface area contributed by atoms with E-state index < -0.39 is 0 Å². The van der Waals surface area contributed by atoms with Crippen LogP contribution in [0.1, 0.15) is 11.1 Å². The van der Waals surface area contributed by atoms with Crippen LogP contribution in [0.25, 0.3) is 0 Å². The number of hydrogen-bond acceptors (Lipinski definition) is 1. The average molecular weight is 242 g/mol. The van der Waals surface area contributed by atoms with Crippen molar-refractivity contribution in [3.8, 4) is 0 Å². The molecule has 2 nitrogen and oxygen atoms in total. The standard InChI is InChI=1S/C10H12BrNO/c1-4-5-12-6-9(11)7(2)8(3)10(12)13/h4,6H,1,5H2,2-3H3. The van der Waals surface area contributed by atoms with Crippen molar-refractivity contribution in [3.63, 3.8) is 0 Å². The molecule has 0 N–H and O–H groups in total. The van der Waals surface area contributed by atoms with Gasteiger partial charge in [0.05, 0.1) is 0 Å². The zero-order chi connectivity index (χ0) is 10.0. The molecule has 0 radical (unpaired) electrons. The Hall–Kier alpha value is -0.830. The first-order valence-corrected chi connectivity index (χ1v) is 4.84. The van der Waals surface area contributed by atoms with E-state index in [1.807, 2.05) is 13.8 Å². The molecule has 0 bridgehead atoms. The van der Waals surface area contributed by atoms with Crippen molar-refractivity contribution in [2.24, 2.45) is 0 Å². The molecule has 0 spiro atoms. The normalized spacial score (nSPS) is 10.1. The highest BCUT2D eigenvalue weighted by molar-refractivity contribution is 9.10. The fraction of sp³-hybridized carbons (Fsp3) is 0.300. The van der Waals surface area contributed by atoms with Gasteiger partial charge in [-0.25, -0.2) is 0 Å². The van der Waals surface area contributed by atoms with Crippen LogP contribution >= 0.6 is 15.9 Å². The number of allylic oxidation sites excluding steroid dienone is 1. The molecule has 0 saturated carbocycles. The number of aromatic nitrogens is 1. The van der Waals surface area contributed by atoms with Gasteiger partial charge in [0.2, 0.25) is 0 Å². The maximum absolute atomic E-state index is 11.6. The van der Waals surface area contributed by atoms with Crippen LogP contribution in [0.3, 0.4) is 0 Å². The largest absolute Gasteiger partial charge is 0.310 e. The summed E-state index contributed by atoms with van der Waals surface area (Å²) in [6.07, 6.45) is 3.51. The van der Waals surface area contributed by atoms with Crippen molar-refractivity contribution in [2.75, 3.05) is 0 Å². The summed E-state index contributed by atoms with van der Waals surface area (Å²) in [7, 11) is 0. The maximum Gasteiger partial charge on any atom is 0.254 e. The van der Waals surface area contributed by atoms with Crippen LogP contribution in [0.5, 0.6) is 0 Å². The van der Waals surface area contributed by atoms with Gasteiger partial charge in [-0.2, -0.15) is 0 Å². The van der Waals surface area contributed by atoms with Crippen molar-refractivity contribution in [1.29, 1.82) is 0 Å². The Balaban J connectivity index is 3.40. The molecule has 0 atom stereocenters. The molecule has 0 fully saturated rings. The molecule has 70 valence electrons. The molecule has 1 aromatic rings. The van der Waals surface area contributed by atoms with Gasteiger partial charge in [0, 0.05) is 22.8 Å².